The number of amides is 8. The van der Waals surface area contributed by atoms with Gasteiger partial charge in [-0.05, 0) is 66.6 Å². The van der Waals surface area contributed by atoms with E-state index in [-0.39, 0.29) is 49.5 Å². The molecule has 1 aliphatic rings. The number of nitrogens with one attached hydrogen (secondary N) is 9. The van der Waals surface area contributed by atoms with E-state index in [0.29, 0.717) is 29.5 Å². The molecule has 1 saturated heterocycles. The van der Waals surface area contributed by atoms with Gasteiger partial charge < -0.3 is 63.5 Å². The molecule has 5 rings (SSSR count). The molecule has 21 nitrogen and oxygen atoms in total. The maximum atomic E-state index is 14.8. The number of unbranched alkanes of at least 4 members (excludes halogenated alkanes) is 1. The number of aromatic nitrogens is 1. The fourth-order valence-electron chi connectivity index (χ4n) is 8.08. The number of fused-ring (bicyclic) bond motifs is 1. The highest BCUT2D eigenvalue weighted by Gasteiger charge is 2.37. The number of carbonyl (C=O) groups is 9. The van der Waals surface area contributed by atoms with Crippen LogP contribution in [0.3, 0.4) is 0 Å². The second kappa shape index (κ2) is 27.6. The Morgan fingerprint density at radius 2 is 1.00 bits per heavy atom. The molecule has 73 heavy (non-hydrogen) atoms. The number of phenolic OH excluding ortho intramolecular Hbond substituents is 1. The summed E-state index contributed by atoms with van der Waals surface area (Å²) in [6, 6.07) is 10.0. The van der Waals surface area contributed by atoms with Gasteiger partial charge in [0, 0.05) is 47.9 Å². The quantitative estimate of drug-likeness (QED) is 0.0549. The van der Waals surface area contributed by atoms with E-state index in [9.17, 15) is 53.4 Å². The average molecular weight is 1050 g/mol. The number of aromatic hydroxyl groups is 1. The minimum absolute atomic E-state index is 0.0350. The summed E-state index contributed by atoms with van der Waals surface area (Å²) in [4.78, 5) is 129. The number of benzene rings is 3. The number of carbonyl (C=O) groups excluding carboxylic acids is 8. The van der Waals surface area contributed by atoms with E-state index in [1.165, 1.54) is 24.3 Å². The van der Waals surface area contributed by atoms with Crippen molar-refractivity contribution < 1.29 is 53.4 Å². The van der Waals surface area contributed by atoms with E-state index < -0.39 is 114 Å². The van der Waals surface area contributed by atoms with Gasteiger partial charge >= 0.3 is 5.97 Å². The smallest absolute Gasteiger partial charge is 0.305 e. The number of hydrogen-bond donors (Lipinski definition) is 14. The Morgan fingerprint density at radius 1 is 0.548 bits per heavy atom. The van der Waals surface area contributed by atoms with Crippen LogP contribution in [-0.2, 0) is 62.4 Å². The molecule has 2 heterocycles. The number of nitrogens with two attached hydrogens (primary N) is 1. The van der Waals surface area contributed by atoms with Crippen molar-refractivity contribution in [2.75, 3.05) is 18.1 Å². The lowest BCUT2D eigenvalue weighted by Gasteiger charge is -2.29. The van der Waals surface area contributed by atoms with Crippen LogP contribution in [-0.4, -0.2) is 135 Å². The van der Waals surface area contributed by atoms with Crippen molar-refractivity contribution in [1.82, 2.24) is 47.5 Å². The number of aromatic amines is 1. The van der Waals surface area contributed by atoms with Crippen molar-refractivity contribution in [3.8, 4) is 5.75 Å². The molecule has 1 fully saturated rings. The molecule has 3 aromatic carbocycles. The first-order chi connectivity index (χ1) is 34.9. The number of aliphatic carboxylic acids is 1. The molecular formula is C50H64N10O11S2. The number of H-pyrrole nitrogens is 1. The van der Waals surface area contributed by atoms with E-state index in [2.05, 4.69) is 72.8 Å². The van der Waals surface area contributed by atoms with Gasteiger partial charge in [-0.1, -0.05) is 74.5 Å². The summed E-state index contributed by atoms with van der Waals surface area (Å²) >= 11 is 8.56. The van der Waals surface area contributed by atoms with E-state index in [0.717, 1.165) is 10.9 Å². The van der Waals surface area contributed by atoms with Gasteiger partial charge in [0.05, 0.1) is 6.42 Å². The van der Waals surface area contributed by atoms with E-state index in [1.54, 1.807) is 56.4 Å². The number of carboxylic acid groups (broad SMARTS) is 1. The van der Waals surface area contributed by atoms with Crippen LogP contribution in [0.4, 0.5) is 0 Å². The summed E-state index contributed by atoms with van der Waals surface area (Å²) in [5.41, 5.74) is 8.27. The SMILES string of the molecule is CC(C)[C@@H]1NC(=O)[C@H](CS)NC(=O)[C@H](Cc2ccc(O)cc2)NC(=O)[C@H](CCCCN)NC(=O)[C@H](Cc2c[nH]c3ccccc23)NC(=O)[C@H](Cc2ccccc2)NC(=O)[C@H](CS)NC(=O)[C@H](CC(=O)O)NC1=O. The van der Waals surface area contributed by atoms with Gasteiger partial charge in [-0.2, -0.15) is 25.3 Å². The molecule has 1 aliphatic heterocycles. The van der Waals surface area contributed by atoms with Crippen LogP contribution >= 0.6 is 25.3 Å². The van der Waals surface area contributed by atoms with Crippen LogP contribution in [0.2, 0.25) is 0 Å². The van der Waals surface area contributed by atoms with Gasteiger partial charge in [0.1, 0.15) is 54.1 Å². The Kier molecular flexibility index (Phi) is 21.5. The van der Waals surface area contributed by atoms with Gasteiger partial charge in [-0.3, -0.25) is 43.2 Å². The Morgan fingerprint density at radius 3 is 1.55 bits per heavy atom. The minimum Gasteiger partial charge on any atom is -0.508 e. The van der Waals surface area contributed by atoms with Crippen LogP contribution in [0.25, 0.3) is 10.9 Å². The molecule has 0 saturated carbocycles. The lowest BCUT2D eigenvalue weighted by Crippen LogP contribution is -2.62. The van der Waals surface area contributed by atoms with Gasteiger partial charge in [-0.25, -0.2) is 0 Å². The molecule has 0 aliphatic carbocycles. The predicted molar refractivity (Wildman–Crippen MR) is 277 cm³/mol. The maximum absolute atomic E-state index is 14.8. The normalized spacial score (nSPS) is 23.4. The van der Waals surface area contributed by atoms with E-state index in [1.807, 2.05) is 18.2 Å². The lowest BCUT2D eigenvalue weighted by molar-refractivity contribution is -0.141. The highest BCUT2D eigenvalue weighted by Crippen LogP contribution is 2.20. The fraction of sp³-hybridized carbons (Fsp3) is 0.420. The fourth-order valence-corrected chi connectivity index (χ4v) is 8.60. The van der Waals surface area contributed by atoms with Crippen molar-refractivity contribution in [1.29, 1.82) is 0 Å². The molecule has 0 unspecified atom stereocenters. The molecule has 8 atom stereocenters. The molecule has 8 amide bonds. The van der Waals surface area contributed by atoms with Crippen molar-refractivity contribution >= 4 is 89.4 Å². The number of hydrogen-bond acceptors (Lipinski definition) is 13. The van der Waals surface area contributed by atoms with Crippen LogP contribution in [0.15, 0.2) is 85.1 Å². The van der Waals surface area contributed by atoms with Gasteiger partial charge in [0.2, 0.25) is 47.3 Å². The molecule has 0 spiro atoms. The predicted octanol–water partition coefficient (Wildman–Crippen LogP) is -0.0873. The van der Waals surface area contributed by atoms with Crippen LogP contribution in [0.1, 0.15) is 56.2 Å². The lowest BCUT2D eigenvalue weighted by atomic mass is 10.00. The number of para-hydroxylation sites is 1. The zero-order valence-corrected chi connectivity index (χ0v) is 42.2. The van der Waals surface area contributed by atoms with E-state index in [4.69, 9.17) is 5.73 Å². The minimum atomic E-state index is -1.79. The Bertz CT molecular complexity index is 2580. The first kappa shape index (κ1) is 56.8. The summed E-state index contributed by atoms with van der Waals surface area (Å²) in [7, 11) is 0. The monoisotopic (exact) mass is 1040 g/mol. The molecule has 392 valence electrons. The molecule has 4 aromatic rings. The molecular weight excluding hydrogens is 981 g/mol. The summed E-state index contributed by atoms with van der Waals surface area (Å²) in [5, 5.41) is 41.4. The third-order valence-corrected chi connectivity index (χ3v) is 12.9. The third kappa shape index (κ3) is 16.7. The standard InChI is InChI=1S/C50H64N10O11S2/c1-27(2)42-50(71)57-38(23-41(62)63)47(68)58-39(25-72)48(69)55-35(20-28-10-4-3-5-11-28)44(65)56-37(22-30-24-52-33-13-7-6-12-32(30)33)46(67)53-34(14-8-9-19-51)43(64)54-36(21-29-15-17-31(61)18-16-29)45(66)59-40(26-73)49(70)60-42/h3-7,10-13,15-18,24,27,34-40,42,52,61,72-73H,8-9,14,19-23,25-26,51H2,1-2H3,(H,53,67)(H,54,64)(H,55,69)(H,56,65)(H,57,71)(H,58,68)(H,59,66)(H,60,70)(H,62,63)/t34-,35-,36-,37-,38-,39-,40-,42-/m0/s1. The zero-order chi connectivity index (χ0) is 53.2. The zero-order valence-electron chi connectivity index (χ0n) is 40.4. The van der Waals surface area contributed by atoms with Crippen LogP contribution in [0.5, 0.6) is 5.75 Å². The average Bonchev–Trinajstić information content (AvgIpc) is 3.77. The first-order valence-corrected chi connectivity index (χ1v) is 25.1. The summed E-state index contributed by atoms with van der Waals surface area (Å²) in [5.74, 6) is -10.1. The summed E-state index contributed by atoms with van der Waals surface area (Å²) < 4.78 is 0. The summed E-state index contributed by atoms with van der Waals surface area (Å²) in [6.45, 7) is 3.40. The maximum Gasteiger partial charge on any atom is 0.305 e. The van der Waals surface area contributed by atoms with Gasteiger partial charge in [0.15, 0.2) is 0 Å². The van der Waals surface area contributed by atoms with E-state index >= 15 is 0 Å². The van der Waals surface area contributed by atoms with Crippen molar-refractivity contribution in [3.63, 3.8) is 0 Å². The second-order valence-corrected chi connectivity index (χ2v) is 18.8. The highest BCUT2D eigenvalue weighted by atomic mass is 32.1. The third-order valence-electron chi connectivity index (χ3n) is 12.1. The highest BCUT2D eigenvalue weighted by molar-refractivity contribution is 7.80. The summed E-state index contributed by atoms with van der Waals surface area (Å²) in [6.07, 6.45) is 1.16. The van der Waals surface area contributed by atoms with Crippen LogP contribution < -0.4 is 48.3 Å². The van der Waals surface area contributed by atoms with Gasteiger partial charge in [0.25, 0.3) is 0 Å². The van der Waals surface area contributed by atoms with Crippen molar-refractivity contribution in [2.45, 2.75) is 107 Å². The van der Waals surface area contributed by atoms with Crippen molar-refractivity contribution in [3.05, 3.63) is 102 Å². The molecule has 0 bridgehead atoms. The molecule has 0 radical (unpaired) electrons. The number of phenols is 1. The molecule has 1 aromatic heterocycles. The van der Waals surface area contributed by atoms with Crippen molar-refractivity contribution in [2.24, 2.45) is 11.7 Å². The topological polar surface area (TPSA) is 332 Å². The van der Waals surface area contributed by atoms with Gasteiger partial charge in [-0.15, -0.1) is 0 Å². The number of rotatable bonds is 15. The molecule has 23 heteroatoms. The number of carboxylic acids is 1. The number of thiol groups is 2. The second-order valence-electron chi connectivity index (χ2n) is 18.0. The van der Waals surface area contributed by atoms with Crippen LogP contribution in [0, 0.1) is 5.92 Å². The Hall–Kier alpha value is -7.11. The Labute approximate surface area is 432 Å². The first-order valence-electron chi connectivity index (χ1n) is 23.8. The molecule has 13 N–H and O–H groups in total. The Balaban J connectivity index is 1.61. The largest absolute Gasteiger partial charge is 0.508 e.